The lowest BCUT2D eigenvalue weighted by Gasteiger charge is -2.33. The van der Waals surface area contributed by atoms with Crippen molar-refractivity contribution in [3.05, 3.63) is 69.7 Å². The number of rotatable bonds is 7. The Hall–Kier alpha value is -2.01. The molecule has 33 heavy (non-hydrogen) atoms. The molecular weight excluding hydrogens is 455 g/mol. The number of hydrogen-bond donors (Lipinski definition) is 1. The van der Waals surface area contributed by atoms with E-state index in [1.807, 2.05) is 0 Å². The molecule has 1 heterocycles. The Morgan fingerprint density at radius 1 is 1.06 bits per heavy atom. The lowest BCUT2D eigenvalue weighted by atomic mass is 9.89. The fourth-order valence-corrected chi connectivity index (χ4v) is 5.70. The number of carbonyl (C=O) groups is 1. The minimum absolute atomic E-state index is 0.0583. The fraction of sp³-hybridized carbons (Fsp3) is 0.444. The van der Waals surface area contributed by atoms with E-state index >= 15 is 0 Å². The molecule has 0 unspecified atom stereocenters. The van der Waals surface area contributed by atoms with E-state index < -0.39 is 0 Å². The van der Waals surface area contributed by atoms with Gasteiger partial charge < -0.3 is 15.0 Å². The summed E-state index contributed by atoms with van der Waals surface area (Å²) < 4.78 is 5.28. The van der Waals surface area contributed by atoms with E-state index in [0.29, 0.717) is 21.9 Å². The van der Waals surface area contributed by atoms with Gasteiger partial charge in [0, 0.05) is 28.7 Å². The van der Waals surface area contributed by atoms with Gasteiger partial charge in [0.05, 0.1) is 7.11 Å². The molecule has 2 atom stereocenters. The van der Waals surface area contributed by atoms with Crippen molar-refractivity contribution in [1.29, 1.82) is 0 Å². The van der Waals surface area contributed by atoms with Gasteiger partial charge in [-0.2, -0.15) is 0 Å². The molecule has 4 nitrogen and oxygen atoms in total. The number of halogens is 2. The highest BCUT2D eigenvalue weighted by molar-refractivity contribution is 6.34. The molecule has 2 aliphatic rings. The highest BCUT2D eigenvalue weighted by Gasteiger charge is 2.29. The third-order valence-electron chi connectivity index (χ3n) is 6.89. The van der Waals surface area contributed by atoms with Gasteiger partial charge >= 0.3 is 0 Å². The van der Waals surface area contributed by atoms with Crippen molar-refractivity contribution in [2.45, 2.75) is 44.1 Å². The Balaban J connectivity index is 1.19. The first-order chi connectivity index (χ1) is 16.0. The van der Waals surface area contributed by atoms with Crippen LogP contribution in [-0.2, 0) is 4.79 Å². The Bertz CT molecular complexity index is 948. The molecule has 6 heteroatoms. The zero-order chi connectivity index (χ0) is 23.2. The normalized spacial score (nSPS) is 22.0. The molecule has 1 amide bonds. The van der Waals surface area contributed by atoms with E-state index in [4.69, 9.17) is 27.9 Å². The molecule has 2 aromatic carbocycles. The molecule has 4 rings (SSSR count). The molecule has 2 fully saturated rings. The van der Waals surface area contributed by atoms with Crippen LogP contribution in [0.4, 0.5) is 0 Å². The van der Waals surface area contributed by atoms with Gasteiger partial charge in [-0.25, -0.2) is 0 Å². The lowest BCUT2D eigenvalue weighted by Crippen LogP contribution is -2.37. The predicted octanol–water partition coefficient (Wildman–Crippen LogP) is 6.18. The minimum Gasteiger partial charge on any atom is -0.497 e. The third kappa shape index (κ3) is 6.99. The second-order valence-electron chi connectivity index (χ2n) is 9.27. The van der Waals surface area contributed by atoms with Crippen LogP contribution in [0.2, 0.25) is 10.0 Å². The predicted molar refractivity (Wildman–Crippen MR) is 136 cm³/mol. The van der Waals surface area contributed by atoms with Crippen molar-refractivity contribution >= 4 is 35.2 Å². The number of methoxy groups -OCH3 is 1. The molecule has 1 saturated heterocycles. The summed E-state index contributed by atoms with van der Waals surface area (Å²) >= 11 is 12.0. The molecule has 1 aliphatic heterocycles. The van der Waals surface area contributed by atoms with Crippen molar-refractivity contribution in [2.75, 3.05) is 26.7 Å². The van der Waals surface area contributed by atoms with E-state index in [1.165, 1.54) is 24.8 Å². The summed E-state index contributed by atoms with van der Waals surface area (Å²) in [6.07, 6.45) is 9.02. The van der Waals surface area contributed by atoms with Crippen LogP contribution < -0.4 is 10.1 Å². The first kappa shape index (κ1) is 24.1. The van der Waals surface area contributed by atoms with E-state index in [9.17, 15) is 4.79 Å². The highest BCUT2D eigenvalue weighted by atomic mass is 35.5. The Morgan fingerprint density at radius 3 is 2.42 bits per heavy atom. The maximum Gasteiger partial charge on any atom is 0.244 e. The van der Waals surface area contributed by atoms with Crippen LogP contribution in [-0.4, -0.2) is 43.6 Å². The molecule has 0 spiro atoms. The first-order valence-electron chi connectivity index (χ1n) is 11.8. The van der Waals surface area contributed by atoms with Crippen LogP contribution in [0, 0.1) is 5.92 Å². The SMILES string of the molecule is COc1ccc(C2CCN(C[C@@H]3CC[C@H](NC(=O)/C=C/c4cc(Cl)cc(Cl)c4)C3)CC2)cc1. The summed E-state index contributed by atoms with van der Waals surface area (Å²) in [6.45, 7) is 3.43. The largest absolute Gasteiger partial charge is 0.497 e. The van der Waals surface area contributed by atoms with Crippen molar-refractivity contribution in [1.82, 2.24) is 10.2 Å². The summed E-state index contributed by atoms with van der Waals surface area (Å²) in [4.78, 5) is 15.0. The number of likely N-dealkylation sites (tertiary alicyclic amines) is 1. The van der Waals surface area contributed by atoms with Crippen LogP contribution >= 0.6 is 23.2 Å². The maximum absolute atomic E-state index is 12.4. The topological polar surface area (TPSA) is 41.6 Å². The van der Waals surface area contributed by atoms with Gasteiger partial charge in [0.15, 0.2) is 0 Å². The molecule has 0 radical (unpaired) electrons. The van der Waals surface area contributed by atoms with Gasteiger partial charge in [0.25, 0.3) is 0 Å². The monoisotopic (exact) mass is 486 g/mol. The summed E-state index contributed by atoms with van der Waals surface area (Å²) in [5, 5.41) is 4.29. The Labute approximate surface area is 206 Å². The molecule has 2 aromatic rings. The Kier molecular flexibility index (Phi) is 8.34. The number of benzene rings is 2. The zero-order valence-electron chi connectivity index (χ0n) is 19.1. The van der Waals surface area contributed by atoms with Gasteiger partial charge in [-0.05, 0) is 105 Å². The molecule has 1 aliphatic carbocycles. The van der Waals surface area contributed by atoms with Crippen LogP contribution in [0.1, 0.15) is 49.1 Å². The van der Waals surface area contributed by atoms with Crippen molar-refractivity contribution in [2.24, 2.45) is 5.92 Å². The highest BCUT2D eigenvalue weighted by Crippen LogP contribution is 2.32. The average Bonchev–Trinajstić information content (AvgIpc) is 3.24. The number of amides is 1. The fourth-order valence-electron chi connectivity index (χ4n) is 5.15. The quantitative estimate of drug-likeness (QED) is 0.475. The second-order valence-corrected chi connectivity index (χ2v) is 10.1. The standard InChI is InChI=1S/C27H32Cl2N2O2/c1-33-26-7-4-21(5-8-26)22-10-12-31(13-11-22)18-20-2-6-25(16-20)30-27(32)9-3-19-14-23(28)17-24(29)15-19/h3-5,7-9,14-15,17,20,22,25H,2,6,10-13,16,18H2,1H3,(H,30,32)/b9-3+/t20-,25+/m1/s1. The number of ether oxygens (including phenoxy) is 1. The van der Waals surface area contributed by atoms with Gasteiger partial charge in [-0.15, -0.1) is 0 Å². The van der Waals surface area contributed by atoms with Gasteiger partial charge in [0.1, 0.15) is 5.75 Å². The number of piperidine rings is 1. The van der Waals surface area contributed by atoms with E-state index in [0.717, 1.165) is 43.8 Å². The van der Waals surface area contributed by atoms with Crippen LogP contribution in [0.3, 0.4) is 0 Å². The first-order valence-corrected chi connectivity index (χ1v) is 12.5. The van der Waals surface area contributed by atoms with Gasteiger partial charge in [-0.1, -0.05) is 35.3 Å². The molecule has 0 bridgehead atoms. The number of nitrogens with zero attached hydrogens (tertiary/aromatic N) is 1. The summed E-state index contributed by atoms with van der Waals surface area (Å²) in [5.41, 5.74) is 2.25. The number of hydrogen-bond acceptors (Lipinski definition) is 3. The summed E-state index contributed by atoms with van der Waals surface area (Å²) in [6, 6.07) is 14.1. The maximum atomic E-state index is 12.4. The van der Waals surface area contributed by atoms with Crippen LogP contribution in [0.15, 0.2) is 48.5 Å². The van der Waals surface area contributed by atoms with E-state index in [1.54, 1.807) is 37.5 Å². The Morgan fingerprint density at radius 2 is 1.76 bits per heavy atom. The number of carbonyl (C=O) groups excluding carboxylic acids is 1. The molecule has 1 N–H and O–H groups in total. The smallest absolute Gasteiger partial charge is 0.244 e. The second kappa shape index (κ2) is 11.4. The van der Waals surface area contributed by atoms with Crippen molar-refractivity contribution in [3.8, 4) is 5.75 Å². The molecular formula is C27H32Cl2N2O2. The average molecular weight is 487 g/mol. The molecule has 1 saturated carbocycles. The van der Waals surface area contributed by atoms with Gasteiger partial charge in [0.2, 0.25) is 5.91 Å². The summed E-state index contributed by atoms with van der Waals surface area (Å²) in [7, 11) is 1.71. The molecule has 176 valence electrons. The third-order valence-corrected chi connectivity index (χ3v) is 7.33. The van der Waals surface area contributed by atoms with E-state index in [2.05, 4.69) is 34.5 Å². The van der Waals surface area contributed by atoms with Gasteiger partial charge in [-0.3, -0.25) is 4.79 Å². The zero-order valence-corrected chi connectivity index (χ0v) is 20.6. The lowest BCUT2D eigenvalue weighted by molar-refractivity contribution is -0.117. The van der Waals surface area contributed by atoms with Crippen molar-refractivity contribution in [3.63, 3.8) is 0 Å². The number of nitrogens with one attached hydrogen (secondary N) is 1. The van der Waals surface area contributed by atoms with Crippen LogP contribution in [0.25, 0.3) is 6.08 Å². The van der Waals surface area contributed by atoms with E-state index in [-0.39, 0.29) is 11.9 Å². The van der Waals surface area contributed by atoms with Crippen LogP contribution in [0.5, 0.6) is 5.75 Å². The van der Waals surface area contributed by atoms with Crippen molar-refractivity contribution < 1.29 is 9.53 Å². The molecule has 0 aromatic heterocycles. The summed E-state index contributed by atoms with van der Waals surface area (Å²) in [5.74, 6) is 2.16. The minimum atomic E-state index is -0.0583.